The van der Waals surface area contributed by atoms with Gasteiger partial charge in [0, 0.05) is 5.54 Å². The lowest BCUT2D eigenvalue weighted by molar-refractivity contribution is -0.141. The molecule has 4 heteroatoms. The Labute approximate surface area is 128 Å². The fourth-order valence-electron chi connectivity index (χ4n) is 3.84. The Morgan fingerprint density at radius 1 is 1.29 bits per heavy atom. The average Bonchev–Trinajstić information content (AvgIpc) is 2.86. The number of nitrogens with one attached hydrogen (secondary N) is 1. The summed E-state index contributed by atoms with van der Waals surface area (Å²) in [6, 6.07) is 0. The van der Waals surface area contributed by atoms with Gasteiger partial charge in [-0.25, -0.2) is 0 Å². The van der Waals surface area contributed by atoms with Crippen molar-refractivity contribution in [2.45, 2.75) is 71.8 Å². The van der Waals surface area contributed by atoms with Gasteiger partial charge in [-0.15, -0.1) is 0 Å². The van der Waals surface area contributed by atoms with Gasteiger partial charge in [0.05, 0.1) is 11.3 Å². The van der Waals surface area contributed by atoms with Crippen LogP contribution in [0.4, 0.5) is 0 Å². The van der Waals surface area contributed by atoms with Crippen LogP contribution < -0.4 is 11.1 Å². The molecule has 0 bridgehead atoms. The second kappa shape index (κ2) is 5.62. The highest BCUT2D eigenvalue weighted by Crippen LogP contribution is 2.51. The minimum absolute atomic E-state index is 0.0160. The van der Waals surface area contributed by atoms with Gasteiger partial charge in [0.15, 0.2) is 0 Å². The van der Waals surface area contributed by atoms with Gasteiger partial charge in [0.25, 0.3) is 0 Å². The van der Waals surface area contributed by atoms with Crippen molar-refractivity contribution in [2.24, 2.45) is 28.9 Å². The molecule has 4 nitrogen and oxygen atoms in total. The SMILES string of the molecule is CC1CC1C[C@@H](C(=O)NC(C)(C)C)C1(C(N)=O)CCCC1. The van der Waals surface area contributed by atoms with Crippen LogP contribution in [0.25, 0.3) is 0 Å². The Kier molecular flexibility index (Phi) is 4.36. The first-order valence-corrected chi connectivity index (χ1v) is 8.28. The highest BCUT2D eigenvalue weighted by molar-refractivity contribution is 5.90. The molecular formula is C17H30N2O2. The first-order chi connectivity index (χ1) is 9.66. The van der Waals surface area contributed by atoms with Crippen LogP contribution in [-0.2, 0) is 9.59 Å². The van der Waals surface area contributed by atoms with Crippen molar-refractivity contribution in [3.8, 4) is 0 Å². The highest BCUT2D eigenvalue weighted by atomic mass is 16.2. The van der Waals surface area contributed by atoms with Gasteiger partial charge in [0.1, 0.15) is 0 Å². The summed E-state index contributed by atoms with van der Waals surface area (Å²) >= 11 is 0. The highest BCUT2D eigenvalue weighted by Gasteiger charge is 2.52. The fourth-order valence-corrected chi connectivity index (χ4v) is 3.84. The quantitative estimate of drug-likeness (QED) is 0.818. The molecule has 0 spiro atoms. The first-order valence-electron chi connectivity index (χ1n) is 8.28. The number of rotatable bonds is 5. The summed E-state index contributed by atoms with van der Waals surface area (Å²) in [6.07, 6.45) is 5.53. The second-order valence-electron chi connectivity index (χ2n) is 8.23. The molecule has 2 fully saturated rings. The Bertz CT molecular complexity index is 419. The van der Waals surface area contributed by atoms with E-state index in [9.17, 15) is 9.59 Å². The van der Waals surface area contributed by atoms with Crippen LogP contribution in [0.15, 0.2) is 0 Å². The molecule has 0 aromatic rings. The number of amides is 2. The van der Waals surface area contributed by atoms with Crippen molar-refractivity contribution in [1.29, 1.82) is 0 Å². The molecule has 0 aliphatic heterocycles. The van der Waals surface area contributed by atoms with Gasteiger partial charge in [0.2, 0.25) is 11.8 Å². The lowest BCUT2D eigenvalue weighted by atomic mass is 9.70. The van der Waals surface area contributed by atoms with Crippen molar-refractivity contribution in [3.05, 3.63) is 0 Å². The lowest BCUT2D eigenvalue weighted by Crippen LogP contribution is -2.52. The standard InChI is InChI=1S/C17H30N2O2/c1-11-9-12(11)10-13(14(20)19-16(2,3)4)17(15(18)21)7-5-6-8-17/h11-13H,5-10H2,1-4H3,(H2,18,21)(H,19,20)/t11?,12?,13-/m0/s1. The van der Waals surface area contributed by atoms with Crippen LogP contribution in [0, 0.1) is 23.2 Å². The van der Waals surface area contributed by atoms with E-state index in [1.165, 1.54) is 6.42 Å². The van der Waals surface area contributed by atoms with Gasteiger partial charge in [-0.1, -0.05) is 19.8 Å². The molecule has 0 aromatic heterocycles. The summed E-state index contributed by atoms with van der Waals surface area (Å²) in [6.45, 7) is 8.16. The molecule has 0 radical (unpaired) electrons. The molecule has 0 aromatic carbocycles. The topological polar surface area (TPSA) is 72.2 Å². The fraction of sp³-hybridized carbons (Fsp3) is 0.882. The molecule has 3 atom stereocenters. The summed E-state index contributed by atoms with van der Waals surface area (Å²) in [4.78, 5) is 25.0. The van der Waals surface area contributed by atoms with E-state index in [0.29, 0.717) is 11.8 Å². The van der Waals surface area contributed by atoms with Gasteiger partial charge >= 0.3 is 0 Å². The van der Waals surface area contributed by atoms with E-state index >= 15 is 0 Å². The van der Waals surface area contributed by atoms with Crippen molar-refractivity contribution in [1.82, 2.24) is 5.32 Å². The Balaban J connectivity index is 2.22. The molecule has 120 valence electrons. The van der Waals surface area contributed by atoms with Crippen LogP contribution in [-0.4, -0.2) is 17.4 Å². The summed E-state index contributed by atoms with van der Waals surface area (Å²) < 4.78 is 0. The third-order valence-corrected chi connectivity index (χ3v) is 5.28. The summed E-state index contributed by atoms with van der Waals surface area (Å²) in [5.74, 6) is 0.746. The second-order valence-corrected chi connectivity index (χ2v) is 8.23. The zero-order valence-corrected chi connectivity index (χ0v) is 13.9. The van der Waals surface area contributed by atoms with E-state index in [4.69, 9.17) is 5.73 Å². The zero-order chi connectivity index (χ0) is 15.8. The zero-order valence-electron chi connectivity index (χ0n) is 13.9. The molecule has 2 aliphatic carbocycles. The van der Waals surface area contributed by atoms with Gasteiger partial charge in [-0.3, -0.25) is 9.59 Å². The number of nitrogens with two attached hydrogens (primary N) is 1. The Hall–Kier alpha value is -1.06. The Morgan fingerprint density at radius 3 is 2.19 bits per heavy atom. The minimum atomic E-state index is -0.613. The average molecular weight is 294 g/mol. The van der Waals surface area contributed by atoms with Gasteiger partial charge in [-0.2, -0.15) is 0 Å². The maximum atomic E-state index is 12.8. The maximum absolute atomic E-state index is 12.8. The van der Waals surface area contributed by atoms with E-state index in [1.54, 1.807) is 0 Å². The predicted molar refractivity (Wildman–Crippen MR) is 83.4 cm³/mol. The van der Waals surface area contributed by atoms with Crippen LogP contribution in [0.5, 0.6) is 0 Å². The van der Waals surface area contributed by atoms with Crippen LogP contribution >= 0.6 is 0 Å². The molecule has 2 amide bonds. The van der Waals surface area contributed by atoms with E-state index in [-0.39, 0.29) is 23.3 Å². The van der Waals surface area contributed by atoms with E-state index < -0.39 is 5.41 Å². The smallest absolute Gasteiger partial charge is 0.224 e. The number of hydrogen-bond donors (Lipinski definition) is 2. The number of carbonyl (C=O) groups excluding carboxylic acids is 2. The van der Waals surface area contributed by atoms with E-state index in [2.05, 4.69) is 12.2 Å². The third kappa shape index (κ3) is 3.58. The maximum Gasteiger partial charge on any atom is 0.224 e. The first kappa shape index (κ1) is 16.3. The van der Waals surface area contributed by atoms with Crippen LogP contribution in [0.2, 0.25) is 0 Å². The van der Waals surface area contributed by atoms with E-state index in [1.807, 2.05) is 20.8 Å². The summed E-state index contributed by atoms with van der Waals surface area (Å²) in [5.41, 5.74) is 4.86. The molecule has 2 unspecified atom stereocenters. The van der Waals surface area contributed by atoms with Crippen molar-refractivity contribution in [3.63, 3.8) is 0 Å². The molecular weight excluding hydrogens is 264 g/mol. The predicted octanol–water partition coefficient (Wildman–Crippen LogP) is 2.61. The van der Waals surface area contributed by atoms with Crippen LogP contribution in [0.1, 0.15) is 66.2 Å². The van der Waals surface area contributed by atoms with Gasteiger partial charge in [-0.05, 0) is 58.3 Å². The largest absolute Gasteiger partial charge is 0.369 e. The van der Waals surface area contributed by atoms with Gasteiger partial charge < -0.3 is 11.1 Å². The summed E-state index contributed by atoms with van der Waals surface area (Å²) in [5, 5.41) is 3.08. The number of hydrogen-bond acceptors (Lipinski definition) is 2. The Morgan fingerprint density at radius 2 is 1.81 bits per heavy atom. The van der Waals surface area contributed by atoms with Crippen molar-refractivity contribution in [2.75, 3.05) is 0 Å². The van der Waals surface area contributed by atoms with E-state index in [0.717, 1.165) is 32.1 Å². The normalized spacial score (nSPS) is 29.0. The van der Waals surface area contributed by atoms with Crippen LogP contribution in [0.3, 0.4) is 0 Å². The molecule has 0 saturated heterocycles. The molecule has 3 N–H and O–H groups in total. The molecule has 2 rings (SSSR count). The third-order valence-electron chi connectivity index (χ3n) is 5.28. The molecule has 0 heterocycles. The minimum Gasteiger partial charge on any atom is -0.369 e. The van der Waals surface area contributed by atoms with Crippen molar-refractivity contribution < 1.29 is 9.59 Å². The number of primary amides is 1. The van der Waals surface area contributed by atoms with Crippen molar-refractivity contribution >= 4 is 11.8 Å². The number of carbonyl (C=O) groups is 2. The molecule has 21 heavy (non-hydrogen) atoms. The molecule has 2 saturated carbocycles. The summed E-state index contributed by atoms with van der Waals surface area (Å²) in [7, 11) is 0. The molecule has 2 aliphatic rings. The lowest BCUT2D eigenvalue weighted by Gasteiger charge is -2.36. The monoisotopic (exact) mass is 294 g/mol.